The van der Waals surface area contributed by atoms with Crippen LogP contribution in [0.25, 0.3) is 10.4 Å². The topological polar surface area (TPSA) is 125 Å². The summed E-state index contributed by atoms with van der Waals surface area (Å²) in [5.74, 6) is -1.05. The van der Waals surface area contributed by atoms with Crippen molar-refractivity contribution in [3.05, 3.63) is 26.5 Å². The third-order valence-corrected chi connectivity index (χ3v) is 2.61. The van der Waals surface area contributed by atoms with E-state index in [1.807, 2.05) is 0 Å². The van der Waals surface area contributed by atoms with E-state index in [1.54, 1.807) is 6.20 Å². The SMILES string of the molecule is [N-]=[N+]=NCc1cnc(C[C@H](N)C(=O)O)s1. The van der Waals surface area contributed by atoms with E-state index in [0.717, 1.165) is 4.88 Å². The van der Waals surface area contributed by atoms with Crippen molar-refractivity contribution in [2.75, 3.05) is 0 Å². The van der Waals surface area contributed by atoms with E-state index in [2.05, 4.69) is 15.0 Å². The van der Waals surface area contributed by atoms with Gasteiger partial charge in [-0.2, -0.15) is 0 Å². The summed E-state index contributed by atoms with van der Waals surface area (Å²) in [5, 5.41) is 12.6. The molecule has 0 amide bonds. The molecule has 1 aromatic rings. The molecule has 0 saturated heterocycles. The fourth-order valence-electron chi connectivity index (χ4n) is 0.892. The molecule has 0 aliphatic carbocycles. The largest absolute Gasteiger partial charge is 0.480 e. The first-order chi connectivity index (χ1) is 7.13. The lowest BCUT2D eigenvalue weighted by molar-refractivity contribution is -0.138. The molecule has 3 N–H and O–H groups in total. The normalized spacial score (nSPS) is 11.8. The van der Waals surface area contributed by atoms with Gasteiger partial charge in [0, 0.05) is 22.4 Å². The van der Waals surface area contributed by atoms with Crippen LogP contribution in [0, 0.1) is 0 Å². The van der Waals surface area contributed by atoms with Gasteiger partial charge in [0.2, 0.25) is 0 Å². The lowest BCUT2D eigenvalue weighted by Crippen LogP contribution is -2.32. The Labute approximate surface area is 89.2 Å². The van der Waals surface area contributed by atoms with Crippen molar-refractivity contribution in [3.8, 4) is 0 Å². The Hall–Kier alpha value is -1.63. The minimum absolute atomic E-state index is 0.191. The van der Waals surface area contributed by atoms with Gasteiger partial charge in [-0.15, -0.1) is 11.3 Å². The Balaban J connectivity index is 2.60. The van der Waals surface area contributed by atoms with Crippen molar-refractivity contribution >= 4 is 17.3 Å². The number of nitrogens with two attached hydrogens (primary N) is 1. The minimum atomic E-state index is -1.05. The molecular formula is C7H9N5O2S. The average molecular weight is 227 g/mol. The highest BCUT2D eigenvalue weighted by Crippen LogP contribution is 2.15. The number of carbonyl (C=O) groups is 1. The quantitative estimate of drug-likeness (QED) is 0.440. The number of aromatic nitrogens is 1. The molecule has 0 spiro atoms. The highest BCUT2D eigenvalue weighted by Gasteiger charge is 2.14. The number of aliphatic carboxylic acids is 1. The number of nitrogens with zero attached hydrogens (tertiary/aromatic N) is 4. The maximum Gasteiger partial charge on any atom is 0.320 e. The standard InChI is InChI=1S/C7H9N5O2S/c8-5(7(13)14)1-6-10-2-4(15-6)3-11-12-9/h2,5H,1,3,8H2,(H,13,14)/t5-/m0/s1. The Bertz CT molecular complexity index is 398. The van der Waals surface area contributed by atoms with Gasteiger partial charge in [0.25, 0.3) is 0 Å². The summed E-state index contributed by atoms with van der Waals surface area (Å²) >= 11 is 1.30. The molecule has 0 saturated carbocycles. The third-order valence-electron chi connectivity index (χ3n) is 1.60. The molecule has 1 rings (SSSR count). The van der Waals surface area contributed by atoms with Gasteiger partial charge in [0.1, 0.15) is 6.04 Å². The van der Waals surface area contributed by atoms with Crippen LogP contribution < -0.4 is 5.73 Å². The number of hydrogen-bond donors (Lipinski definition) is 2. The molecule has 0 fully saturated rings. The summed E-state index contributed by atoms with van der Waals surface area (Å²) in [5.41, 5.74) is 13.4. The smallest absolute Gasteiger partial charge is 0.320 e. The van der Waals surface area contributed by atoms with Crippen molar-refractivity contribution in [3.63, 3.8) is 0 Å². The second kappa shape index (κ2) is 5.30. The van der Waals surface area contributed by atoms with E-state index in [-0.39, 0.29) is 13.0 Å². The summed E-state index contributed by atoms with van der Waals surface area (Å²) in [4.78, 5) is 17.9. The minimum Gasteiger partial charge on any atom is -0.480 e. The molecule has 1 heterocycles. The van der Waals surface area contributed by atoms with Crippen LogP contribution in [0.15, 0.2) is 11.3 Å². The number of azide groups is 1. The summed E-state index contributed by atoms with van der Waals surface area (Å²) in [6.07, 6.45) is 1.75. The zero-order valence-electron chi connectivity index (χ0n) is 7.70. The Morgan fingerprint density at radius 3 is 3.20 bits per heavy atom. The van der Waals surface area contributed by atoms with Gasteiger partial charge in [-0.3, -0.25) is 4.79 Å². The van der Waals surface area contributed by atoms with Crippen molar-refractivity contribution in [2.24, 2.45) is 10.8 Å². The van der Waals surface area contributed by atoms with Gasteiger partial charge in [0.15, 0.2) is 0 Å². The molecule has 15 heavy (non-hydrogen) atoms. The summed E-state index contributed by atoms with van der Waals surface area (Å²) in [6, 6.07) is -0.941. The predicted molar refractivity (Wildman–Crippen MR) is 54.3 cm³/mol. The molecule has 0 aliphatic heterocycles. The first kappa shape index (κ1) is 11.4. The maximum atomic E-state index is 10.5. The Morgan fingerprint density at radius 2 is 2.60 bits per heavy atom. The molecule has 0 bridgehead atoms. The number of rotatable bonds is 5. The second-order valence-electron chi connectivity index (χ2n) is 2.76. The van der Waals surface area contributed by atoms with Crippen LogP contribution in [-0.4, -0.2) is 22.1 Å². The summed E-state index contributed by atoms with van der Waals surface area (Å²) < 4.78 is 0. The predicted octanol–water partition coefficient (Wildman–Crippen LogP) is 0.908. The van der Waals surface area contributed by atoms with Gasteiger partial charge in [-0.25, -0.2) is 4.98 Å². The van der Waals surface area contributed by atoms with Crippen LogP contribution in [0.1, 0.15) is 9.88 Å². The van der Waals surface area contributed by atoms with Gasteiger partial charge in [-0.1, -0.05) is 5.11 Å². The summed E-state index contributed by atoms with van der Waals surface area (Å²) in [7, 11) is 0. The fourth-order valence-corrected chi connectivity index (χ4v) is 1.79. The highest BCUT2D eigenvalue weighted by molar-refractivity contribution is 7.11. The van der Waals surface area contributed by atoms with Crippen LogP contribution in [0.3, 0.4) is 0 Å². The molecule has 8 heteroatoms. The van der Waals surface area contributed by atoms with E-state index in [9.17, 15) is 4.79 Å². The van der Waals surface area contributed by atoms with Gasteiger partial charge >= 0.3 is 5.97 Å². The number of hydrogen-bond acceptors (Lipinski definition) is 5. The zero-order chi connectivity index (χ0) is 11.3. The molecule has 80 valence electrons. The van der Waals surface area contributed by atoms with Crippen LogP contribution >= 0.6 is 11.3 Å². The first-order valence-electron chi connectivity index (χ1n) is 4.06. The van der Waals surface area contributed by atoms with Gasteiger partial charge in [-0.05, 0) is 5.53 Å². The average Bonchev–Trinajstić information content (AvgIpc) is 2.62. The molecule has 1 atom stereocenters. The van der Waals surface area contributed by atoms with Crippen molar-refractivity contribution in [2.45, 2.75) is 19.0 Å². The third kappa shape index (κ3) is 3.55. The van der Waals surface area contributed by atoms with Crippen LogP contribution in [0.5, 0.6) is 0 Å². The molecule has 0 aromatic carbocycles. The lowest BCUT2D eigenvalue weighted by atomic mass is 10.2. The van der Waals surface area contributed by atoms with E-state index < -0.39 is 12.0 Å². The van der Waals surface area contributed by atoms with Crippen LogP contribution in [0.4, 0.5) is 0 Å². The van der Waals surface area contributed by atoms with E-state index in [0.29, 0.717) is 5.01 Å². The first-order valence-corrected chi connectivity index (χ1v) is 4.88. The molecular weight excluding hydrogens is 218 g/mol. The lowest BCUT2D eigenvalue weighted by Gasteiger charge is -2.01. The molecule has 7 nitrogen and oxygen atoms in total. The van der Waals surface area contributed by atoms with Gasteiger partial charge in [0.05, 0.1) is 11.6 Å². The van der Waals surface area contributed by atoms with Crippen molar-refractivity contribution in [1.82, 2.24) is 4.98 Å². The number of carboxylic acids is 1. The Morgan fingerprint density at radius 1 is 1.87 bits per heavy atom. The number of carboxylic acid groups (broad SMARTS) is 1. The Kier molecular flexibility index (Phi) is 4.04. The van der Waals surface area contributed by atoms with E-state index in [1.165, 1.54) is 11.3 Å². The van der Waals surface area contributed by atoms with Crippen LogP contribution in [-0.2, 0) is 17.8 Å². The fraction of sp³-hybridized carbons (Fsp3) is 0.429. The van der Waals surface area contributed by atoms with Crippen molar-refractivity contribution < 1.29 is 9.90 Å². The van der Waals surface area contributed by atoms with Crippen molar-refractivity contribution in [1.29, 1.82) is 0 Å². The summed E-state index contributed by atoms with van der Waals surface area (Å²) in [6.45, 7) is 0.233. The molecule has 0 radical (unpaired) electrons. The number of thiazole rings is 1. The van der Waals surface area contributed by atoms with Gasteiger partial charge < -0.3 is 10.8 Å². The molecule has 1 aromatic heterocycles. The second-order valence-corrected chi connectivity index (χ2v) is 3.96. The van der Waals surface area contributed by atoms with E-state index in [4.69, 9.17) is 16.4 Å². The zero-order valence-corrected chi connectivity index (χ0v) is 8.52. The molecule has 0 aliphatic rings. The van der Waals surface area contributed by atoms with E-state index >= 15 is 0 Å². The highest BCUT2D eigenvalue weighted by atomic mass is 32.1. The van der Waals surface area contributed by atoms with Crippen LogP contribution in [0.2, 0.25) is 0 Å². The molecule has 0 unspecified atom stereocenters. The monoisotopic (exact) mass is 227 g/mol. The maximum absolute atomic E-state index is 10.5.